The largest absolute Gasteiger partial charge is 0.399 e. The average Bonchev–Trinajstić information content (AvgIpc) is 2.26. The molecule has 0 radical (unpaired) electrons. The number of rotatable bonds is 2. The van der Waals surface area contributed by atoms with Gasteiger partial charge in [-0.05, 0) is 12.1 Å². The summed E-state index contributed by atoms with van der Waals surface area (Å²) in [5, 5.41) is 0.641. The summed E-state index contributed by atoms with van der Waals surface area (Å²) in [6.45, 7) is 0. The number of hydrogen-bond donors (Lipinski definition) is 1. The first kappa shape index (κ1) is 9.26. The Hall–Kier alpha value is -2.30. The summed E-state index contributed by atoms with van der Waals surface area (Å²) < 4.78 is 0. The number of nitrogen functional groups attached to an aromatic ring is 1. The number of benzene rings is 1. The van der Waals surface area contributed by atoms with Crippen molar-refractivity contribution in [1.29, 1.82) is 0 Å². The summed E-state index contributed by atoms with van der Waals surface area (Å²) in [4.78, 5) is 29.5. The van der Waals surface area contributed by atoms with E-state index in [9.17, 15) is 9.59 Å². The Bertz CT molecular complexity index is 551. The Morgan fingerprint density at radius 2 is 2.20 bits per heavy atom. The van der Waals surface area contributed by atoms with Crippen LogP contribution in [-0.2, 0) is 4.79 Å². The molecule has 0 aliphatic rings. The lowest BCUT2D eigenvalue weighted by atomic mass is 10.1. The van der Waals surface area contributed by atoms with Crippen LogP contribution in [0, 0.1) is 0 Å². The fourth-order valence-electron chi connectivity index (χ4n) is 1.38. The standard InChI is InChI=1S/C10H7N3O2/c11-7-1-6-3-12-5-13-10(6)8(2-7)9(15)4-14/h1-5H,11H2. The summed E-state index contributed by atoms with van der Waals surface area (Å²) in [6.07, 6.45) is 3.11. The van der Waals surface area contributed by atoms with Crippen molar-refractivity contribution in [3.63, 3.8) is 0 Å². The number of nitrogens with two attached hydrogens (primary N) is 1. The third kappa shape index (κ3) is 1.54. The van der Waals surface area contributed by atoms with Gasteiger partial charge in [0, 0.05) is 17.3 Å². The number of anilines is 1. The van der Waals surface area contributed by atoms with Crippen LogP contribution in [0.3, 0.4) is 0 Å². The summed E-state index contributed by atoms with van der Waals surface area (Å²) >= 11 is 0. The Labute approximate surface area is 84.9 Å². The molecule has 0 saturated heterocycles. The first-order valence-electron chi connectivity index (χ1n) is 4.21. The second-order valence-electron chi connectivity index (χ2n) is 3.01. The van der Waals surface area contributed by atoms with Gasteiger partial charge >= 0.3 is 0 Å². The van der Waals surface area contributed by atoms with Gasteiger partial charge in [-0.15, -0.1) is 0 Å². The maximum absolute atomic E-state index is 11.3. The molecule has 5 heteroatoms. The van der Waals surface area contributed by atoms with Crippen LogP contribution in [0.5, 0.6) is 0 Å². The molecule has 0 saturated carbocycles. The molecule has 1 aromatic heterocycles. The molecule has 0 fully saturated rings. The van der Waals surface area contributed by atoms with Gasteiger partial charge in [0.25, 0.3) is 0 Å². The SMILES string of the molecule is Nc1cc(C(=O)C=O)c2ncncc2c1. The molecule has 1 aromatic carbocycles. The third-order valence-electron chi connectivity index (χ3n) is 2.00. The van der Waals surface area contributed by atoms with E-state index < -0.39 is 5.78 Å². The molecule has 2 aromatic rings. The maximum Gasteiger partial charge on any atom is 0.227 e. The summed E-state index contributed by atoms with van der Waals surface area (Å²) in [6, 6.07) is 3.09. The lowest BCUT2D eigenvalue weighted by Crippen LogP contribution is -2.03. The van der Waals surface area contributed by atoms with Gasteiger partial charge in [-0.25, -0.2) is 9.97 Å². The Kier molecular flexibility index (Phi) is 2.13. The van der Waals surface area contributed by atoms with Crippen LogP contribution >= 0.6 is 0 Å². The predicted molar refractivity (Wildman–Crippen MR) is 54.3 cm³/mol. The van der Waals surface area contributed by atoms with Crippen molar-refractivity contribution in [3.05, 3.63) is 30.2 Å². The van der Waals surface area contributed by atoms with Gasteiger partial charge in [-0.2, -0.15) is 0 Å². The number of aldehydes is 1. The van der Waals surface area contributed by atoms with E-state index in [0.29, 0.717) is 16.6 Å². The zero-order chi connectivity index (χ0) is 10.8. The number of Topliss-reactive ketones (excluding diaryl/α,β-unsaturated/α-hetero) is 1. The molecule has 0 aliphatic heterocycles. The van der Waals surface area contributed by atoms with E-state index in [1.165, 1.54) is 12.4 Å². The lowest BCUT2D eigenvalue weighted by Gasteiger charge is -2.02. The number of nitrogens with zero attached hydrogens (tertiary/aromatic N) is 2. The number of fused-ring (bicyclic) bond motifs is 1. The topological polar surface area (TPSA) is 85.9 Å². The van der Waals surface area contributed by atoms with E-state index >= 15 is 0 Å². The third-order valence-corrected chi connectivity index (χ3v) is 2.00. The molecule has 74 valence electrons. The minimum absolute atomic E-state index is 0.211. The van der Waals surface area contributed by atoms with E-state index in [-0.39, 0.29) is 11.8 Å². The van der Waals surface area contributed by atoms with Crippen molar-refractivity contribution in [2.75, 3.05) is 5.73 Å². The quantitative estimate of drug-likeness (QED) is 0.332. The van der Waals surface area contributed by atoms with Gasteiger partial charge in [0.2, 0.25) is 5.78 Å². The molecule has 2 N–H and O–H groups in total. The van der Waals surface area contributed by atoms with Crippen LogP contribution in [0.4, 0.5) is 5.69 Å². The molecular weight excluding hydrogens is 194 g/mol. The van der Waals surface area contributed by atoms with Gasteiger partial charge in [0.05, 0.1) is 11.1 Å². The van der Waals surface area contributed by atoms with E-state index in [1.807, 2.05) is 0 Å². The highest BCUT2D eigenvalue weighted by Crippen LogP contribution is 2.19. The predicted octanol–water partition coefficient (Wildman–Crippen LogP) is 0.594. The average molecular weight is 201 g/mol. The first-order chi connectivity index (χ1) is 7.22. The zero-order valence-corrected chi connectivity index (χ0v) is 7.68. The number of aromatic nitrogens is 2. The molecule has 0 bridgehead atoms. The van der Waals surface area contributed by atoms with Gasteiger partial charge < -0.3 is 5.73 Å². The first-order valence-corrected chi connectivity index (χ1v) is 4.21. The molecule has 15 heavy (non-hydrogen) atoms. The normalized spacial score (nSPS) is 10.1. The van der Waals surface area contributed by atoms with Crippen LogP contribution in [0.2, 0.25) is 0 Å². The van der Waals surface area contributed by atoms with E-state index in [2.05, 4.69) is 9.97 Å². The van der Waals surface area contributed by atoms with Crippen molar-refractivity contribution in [2.45, 2.75) is 0 Å². The highest BCUT2D eigenvalue weighted by atomic mass is 16.2. The minimum Gasteiger partial charge on any atom is -0.399 e. The molecule has 2 rings (SSSR count). The Morgan fingerprint density at radius 1 is 1.40 bits per heavy atom. The fourth-order valence-corrected chi connectivity index (χ4v) is 1.38. The highest BCUT2D eigenvalue weighted by Gasteiger charge is 2.11. The van der Waals surface area contributed by atoms with Crippen LogP contribution < -0.4 is 5.73 Å². The number of carbonyl (C=O) groups excluding carboxylic acids is 2. The lowest BCUT2D eigenvalue weighted by molar-refractivity contribution is -0.104. The second-order valence-corrected chi connectivity index (χ2v) is 3.01. The van der Waals surface area contributed by atoms with Crippen molar-refractivity contribution < 1.29 is 9.59 Å². The Morgan fingerprint density at radius 3 is 2.93 bits per heavy atom. The zero-order valence-electron chi connectivity index (χ0n) is 7.68. The summed E-state index contributed by atoms with van der Waals surface area (Å²) in [7, 11) is 0. The number of carbonyl (C=O) groups is 2. The number of ketones is 1. The van der Waals surface area contributed by atoms with Crippen molar-refractivity contribution >= 4 is 28.7 Å². The molecule has 1 heterocycles. The maximum atomic E-state index is 11.3. The molecule has 0 amide bonds. The summed E-state index contributed by atoms with van der Waals surface area (Å²) in [5.41, 5.74) is 6.65. The van der Waals surface area contributed by atoms with Crippen molar-refractivity contribution in [1.82, 2.24) is 9.97 Å². The molecule has 0 spiro atoms. The second kappa shape index (κ2) is 3.45. The van der Waals surface area contributed by atoms with Gasteiger partial charge in [-0.3, -0.25) is 9.59 Å². The van der Waals surface area contributed by atoms with E-state index in [0.717, 1.165) is 0 Å². The highest BCUT2D eigenvalue weighted by molar-refractivity contribution is 6.36. The summed E-state index contributed by atoms with van der Waals surface area (Å²) in [5.74, 6) is -0.633. The van der Waals surface area contributed by atoms with Gasteiger partial charge in [0.1, 0.15) is 6.33 Å². The fraction of sp³-hybridized carbons (Fsp3) is 0. The molecule has 0 unspecified atom stereocenters. The smallest absolute Gasteiger partial charge is 0.227 e. The molecule has 5 nitrogen and oxygen atoms in total. The van der Waals surface area contributed by atoms with Crippen LogP contribution in [0.1, 0.15) is 10.4 Å². The number of hydrogen-bond acceptors (Lipinski definition) is 5. The monoisotopic (exact) mass is 201 g/mol. The van der Waals surface area contributed by atoms with Crippen LogP contribution in [0.15, 0.2) is 24.7 Å². The molecular formula is C10H7N3O2. The van der Waals surface area contributed by atoms with Crippen LogP contribution in [-0.4, -0.2) is 22.0 Å². The van der Waals surface area contributed by atoms with Crippen molar-refractivity contribution in [2.24, 2.45) is 0 Å². The van der Waals surface area contributed by atoms with Crippen LogP contribution in [0.25, 0.3) is 10.9 Å². The van der Waals surface area contributed by atoms with E-state index in [1.54, 1.807) is 12.3 Å². The van der Waals surface area contributed by atoms with Crippen molar-refractivity contribution in [3.8, 4) is 0 Å². The molecule has 0 aliphatic carbocycles. The molecule has 0 atom stereocenters. The van der Waals surface area contributed by atoms with E-state index in [4.69, 9.17) is 5.73 Å². The Balaban J connectivity index is 2.82. The van der Waals surface area contributed by atoms with Gasteiger partial charge in [-0.1, -0.05) is 0 Å². The van der Waals surface area contributed by atoms with Gasteiger partial charge in [0.15, 0.2) is 6.29 Å². The minimum atomic E-state index is -0.633.